The van der Waals surface area contributed by atoms with Crippen molar-refractivity contribution in [3.63, 3.8) is 0 Å². The van der Waals surface area contributed by atoms with Gasteiger partial charge in [0.05, 0.1) is 17.9 Å². The second kappa shape index (κ2) is 10.4. The maximum Gasteiger partial charge on any atom is 0.262 e. The summed E-state index contributed by atoms with van der Waals surface area (Å²) in [6, 6.07) is 12.9. The Hall–Kier alpha value is -3.87. The average molecular weight is 434 g/mol. The van der Waals surface area contributed by atoms with E-state index in [-0.39, 0.29) is 18.3 Å². The lowest BCUT2D eigenvalue weighted by Crippen LogP contribution is -2.20. The standard InChI is InChI=1S/C25H27N3O4/c1-5-31-24-14-19(10-12-22(29)20-15-28(4)27-18(20)3)11-13-23(24)32-16-25(30)26-21-9-7-6-8-17(21)2/h6-15H,5,16H2,1-4H3,(H,26,30)/b12-10+. The first-order chi connectivity index (χ1) is 15.4. The molecule has 0 spiro atoms. The largest absolute Gasteiger partial charge is 0.490 e. The zero-order valence-corrected chi connectivity index (χ0v) is 18.7. The van der Waals surface area contributed by atoms with Crippen molar-refractivity contribution in [1.82, 2.24) is 9.78 Å². The van der Waals surface area contributed by atoms with E-state index in [9.17, 15) is 9.59 Å². The molecule has 0 aliphatic heterocycles. The molecular weight excluding hydrogens is 406 g/mol. The van der Waals surface area contributed by atoms with E-state index >= 15 is 0 Å². The molecule has 32 heavy (non-hydrogen) atoms. The van der Waals surface area contributed by atoms with Crippen LogP contribution in [0.5, 0.6) is 11.5 Å². The van der Waals surface area contributed by atoms with Crippen LogP contribution in [0.3, 0.4) is 0 Å². The predicted molar refractivity (Wildman–Crippen MR) is 124 cm³/mol. The van der Waals surface area contributed by atoms with Gasteiger partial charge < -0.3 is 14.8 Å². The molecule has 7 nitrogen and oxygen atoms in total. The molecule has 1 aromatic heterocycles. The quantitative estimate of drug-likeness (QED) is 0.401. The van der Waals surface area contributed by atoms with Crippen LogP contribution in [0.25, 0.3) is 6.08 Å². The number of amides is 1. The van der Waals surface area contributed by atoms with Crippen LogP contribution in [0.15, 0.2) is 54.7 Å². The minimum Gasteiger partial charge on any atom is -0.490 e. The number of carbonyl (C=O) groups excluding carboxylic acids is 2. The van der Waals surface area contributed by atoms with Crippen molar-refractivity contribution in [1.29, 1.82) is 0 Å². The van der Waals surface area contributed by atoms with E-state index in [1.807, 2.05) is 38.1 Å². The van der Waals surface area contributed by atoms with Gasteiger partial charge in [-0.1, -0.05) is 30.3 Å². The third-order valence-electron chi connectivity index (χ3n) is 4.75. The fourth-order valence-electron chi connectivity index (χ4n) is 3.16. The molecule has 0 fully saturated rings. The van der Waals surface area contributed by atoms with Gasteiger partial charge in [-0.05, 0) is 56.2 Å². The lowest BCUT2D eigenvalue weighted by Gasteiger charge is -2.13. The van der Waals surface area contributed by atoms with Crippen LogP contribution in [-0.4, -0.2) is 34.7 Å². The minimum atomic E-state index is -0.261. The Balaban J connectivity index is 1.67. The van der Waals surface area contributed by atoms with Crippen LogP contribution >= 0.6 is 0 Å². The summed E-state index contributed by atoms with van der Waals surface area (Å²) in [6.45, 7) is 5.88. The Labute approximate surface area is 187 Å². The molecule has 0 bridgehead atoms. The van der Waals surface area contributed by atoms with Crippen LogP contribution < -0.4 is 14.8 Å². The van der Waals surface area contributed by atoms with Gasteiger partial charge in [0, 0.05) is 18.9 Å². The van der Waals surface area contributed by atoms with Gasteiger partial charge >= 0.3 is 0 Å². The number of hydrogen-bond acceptors (Lipinski definition) is 5. The third-order valence-corrected chi connectivity index (χ3v) is 4.75. The van der Waals surface area contributed by atoms with Crippen molar-refractivity contribution >= 4 is 23.5 Å². The van der Waals surface area contributed by atoms with Crippen molar-refractivity contribution in [2.24, 2.45) is 7.05 Å². The SMILES string of the molecule is CCOc1cc(/C=C/C(=O)c2cn(C)nc2C)ccc1OCC(=O)Nc1ccccc1C. The first-order valence-corrected chi connectivity index (χ1v) is 10.3. The molecule has 0 aliphatic carbocycles. The third kappa shape index (κ3) is 5.85. The van der Waals surface area contributed by atoms with Gasteiger partial charge in [-0.15, -0.1) is 0 Å². The zero-order chi connectivity index (χ0) is 23.1. The smallest absolute Gasteiger partial charge is 0.262 e. The maximum atomic E-state index is 12.4. The number of anilines is 1. The summed E-state index contributed by atoms with van der Waals surface area (Å²) in [5, 5.41) is 7.03. The molecule has 166 valence electrons. The molecule has 7 heteroatoms. The summed E-state index contributed by atoms with van der Waals surface area (Å²) < 4.78 is 13.0. The number of nitrogens with one attached hydrogen (secondary N) is 1. The summed E-state index contributed by atoms with van der Waals surface area (Å²) in [7, 11) is 1.78. The van der Waals surface area contributed by atoms with Gasteiger partial charge in [0.2, 0.25) is 0 Å². The van der Waals surface area contributed by atoms with Crippen LogP contribution in [-0.2, 0) is 11.8 Å². The van der Waals surface area contributed by atoms with Gasteiger partial charge in [-0.25, -0.2) is 0 Å². The van der Waals surface area contributed by atoms with Crippen molar-refractivity contribution in [3.8, 4) is 11.5 Å². The number of carbonyl (C=O) groups is 2. The van der Waals surface area contributed by atoms with E-state index in [2.05, 4.69) is 10.4 Å². The monoisotopic (exact) mass is 433 g/mol. The Bertz CT molecular complexity index is 1150. The van der Waals surface area contributed by atoms with E-state index < -0.39 is 0 Å². The number of para-hydroxylation sites is 1. The second-order valence-corrected chi connectivity index (χ2v) is 7.29. The van der Waals surface area contributed by atoms with E-state index in [0.29, 0.717) is 29.4 Å². The van der Waals surface area contributed by atoms with Crippen molar-refractivity contribution in [3.05, 3.63) is 77.1 Å². The molecule has 0 aliphatic rings. The molecule has 1 heterocycles. The number of aryl methyl sites for hydroxylation is 3. The van der Waals surface area contributed by atoms with Crippen molar-refractivity contribution in [2.45, 2.75) is 20.8 Å². The normalized spacial score (nSPS) is 10.9. The minimum absolute atomic E-state index is 0.123. The maximum absolute atomic E-state index is 12.4. The summed E-state index contributed by atoms with van der Waals surface area (Å²) in [5.74, 6) is 0.576. The number of ketones is 1. The van der Waals surface area contributed by atoms with Crippen LogP contribution in [0.4, 0.5) is 5.69 Å². The zero-order valence-electron chi connectivity index (χ0n) is 18.7. The lowest BCUT2D eigenvalue weighted by molar-refractivity contribution is -0.118. The summed E-state index contributed by atoms with van der Waals surface area (Å²) in [6.07, 6.45) is 4.92. The Morgan fingerprint density at radius 2 is 1.88 bits per heavy atom. The Morgan fingerprint density at radius 3 is 2.56 bits per heavy atom. The van der Waals surface area contributed by atoms with Crippen molar-refractivity contribution < 1.29 is 19.1 Å². The highest BCUT2D eigenvalue weighted by Gasteiger charge is 2.12. The molecule has 1 N–H and O–H groups in total. The number of benzene rings is 2. The number of rotatable bonds is 9. The van der Waals surface area contributed by atoms with Gasteiger partial charge in [-0.3, -0.25) is 14.3 Å². The number of hydrogen-bond donors (Lipinski definition) is 1. The second-order valence-electron chi connectivity index (χ2n) is 7.29. The summed E-state index contributed by atoms with van der Waals surface area (Å²) in [5.41, 5.74) is 3.75. The molecule has 0 atom stereocenters. The van der Waals surface area contributed by atoms with E-state index in [1.54, 1.807) is 49.1 Å². The predicted octanol–water partition coefficient (Wildman–Crippen LogP) is 4.35. The van der Waals surface area contributed by atoms with Crippen LogP contribution in [0, 0.1) is 13.8 Å². The average Bonchev–Trinajstić information content (AvgIpc) is 3.11. The molecule has 0 radical (unpaired) electrons. The Kier molecular flexibility index (Phi) is 7.44. The van der Waals surface area contributed by atoms with E-state index in [1.165, 1.54) is 6.08 Å². The highest BCUT2D eigenvalue weighted by molar-refractivity contribution is 6.07. The number of nitrogens with zero attached hydrogens (tertiary/aromatic N) is 2. The molecule has 0 saturated heterocycles. The molecule has 0 saturated carbocycles. The van der Waals surface area contributed by atoms with Gasteiger partial charge in [0.1, 0.15) is 0 Å². The van der Waals surface area contributed by atoms with Crippen LogP contribution in [0.2, 0.25) is 0 Å². The van der Waals surface area contributed by atoms with Crippen molar-refractivity contribution in [2.75, 3.05) is 18.5 Å². The number of ether oxygens (including phenoxy) is 2. The van der Waals surface area contributed by atoms with E-state index in [0.717, 1.165) is 16.8 Å². The first kappa shape index (κ1) is 22.8. The highest BCUT2D eigenvalue weighted by Crippen LogP contribution is 2.29. The fraction of sp³-hybridized carbons (Fsp3) is 0.240. The summed E-state index contributed by atoms with van der Waals surface area (Å²) >= 11 is 0. The molecular formula is C25H27N3O4. The van der Waals surface area contributed by atoms with Gasteiger partial charge in [0.25, 0.3) is 5.91 Å². The molecule has 0 unspecified atom stereocenters. The molecule has 1 amide bonds. The van der Waals surface area contributed by atoms with E-state index in [4.69, 9.17) is 9.47 Å². The topological polar surface area (TPSA) is 82.5 Å². The van der Waals surface area contributed by atoms with Gasteiger partial charge in [-0.2, -0.15) is 5.10 Å². The molecule has 3 aromatic rings. The highest BCUT2D eigenvalue weighted by atomic mass is 16.5. The number of allylic oxidation sites excluding steroid dienone is 1. The number of aromatic nitrogens is 2. The lowest BCUT2D eigenvalue weighted by atomic mass is 10.1. The fourth-order valence-corrected chi connectivity index (χ4v) is 3.16. The van der Waals surface area contributed by atoms with Gasteiger partial charge in [0.15, 0.2) is 23.9 Å². The first-order valence-electron chi connectivity index (χ1n) is 10.3. The van der Waals surface area contributed by atoms with Crippen LogP contribution in [0.1, 0.15) is 34.1 Å². The Morgan fingerprint density at radius 1 is 1.09 bits per heavy atom. The molecule has 2 aromatic carbocycles. The summed E-state index contributed by atoms with van der Waals surface area (Å²) in [4.78, 5) is 24.7. The molecule has 3 rings (SSSR count).